The minimum atomic E-state index is -0.411. The molecule has 2 aliphatic rings. The first-order chi connectivity index (χ1) is 18.0. The van der Waals surface area contributed by atoms with Crippen molar-refractivity contribution in [3.05, 3.63) is 59.3 Å². The molecule has 2 aromatic carbocycles. The van der Waals surface area contributed by atoms with E-state index in [1.165, 1.54) is 11.1 Å². The summed E-state index contributed by atoms with van der Waals surface area (Å²) in [4.78, 5) is 21.2. The summed E-state index contributed by atoms with van der Waals surface area (Å²) in [5, 5.41) is 14.7. The number of nitrogens with zero attached hydrogens (tertiary/aromatic N) is 2. The lowest BCUT2D eigenvalue weighted by Gasteiger charge is -2.50. The van der Waals surface area contributed by atoms with Crippen LogP contribution < -0.4 is 14.8 Å². The Kier molecular flexibility index (Phi) is 7.31. The predicted molar refractivity (Wildman–Crippen MR) is 144 cm³/mol. The van der Waals surface area contributed by atoms with Gasteiger partial charge in [-0.15, -0.1) is 0 Å². The van der Waals surface area contributed by atoms with Crippen molar-refractivity contribution in [2.24, 2.45) is 0 Å². The van der Waals surface area contributed by atoms with Crippen molar-refractivity contribution in [3.8, 4) is 11.5 Å². The summed E-state index contributed by atoms with van der Waals surface area (Å²) in [6.45, 7) is 5.84. The summed E-state index contributed by atoms with van der Waals surface area (Å²) in [7, 11) is 3.36. The molecule has 3 heterocycles. The van der Waals surface area contributed by atoms with Crippen molar-refractivity contribution in [2.75, 3.05) is 47.0 Å². The second kappa shape index (κ2) is 10.6. The van der Waals surface area contributed by atoms with Gasteiger partial charge in [0.25, 0.3) is 0 Å². The molecule has 1 saturated heterocycles. The molecule has 1 fully saturated rings. The molecule has 0 radical (unpaired) electrons. The van der Waals surface area contributed by atoms with Crippen LogP contribution in [0.4, 0.5) is 4.79 Å². The molecule has 37 heavy (non-hydrogen) atoms. The van der Waals surface area contributed by atoms with E-state index in [1.807, 2.05) is 36.1 Å². The highest BCUT2D eigenvalue weighted by atomic mass is 16.5. The van der Waals surface area contributed by atoms with Gasteiger partial charge in [0.15, 0.2) is 0 Å². The second-order valence-corrected chi connectivity index (χ2v) is 10.3. The van der Waals surface area contributed by atoms with Gasteiger partial charge in [0.05, 0.1) is 26.9 Å². The zero-order valence-corrected chi connectivity index (χ0v) is 22.0. The Morgan fingerprint density at radius 2 is 1.89 bits per heavy atom. The molecule has 0 saturated carbocycles. The first-order valence-electron chi connectivity index (χ1n) is 13.2. The van der Waals surface area contributed by atoms with Crippen molar-refractivity contribution in [1.82, 2.24) is 20.1 Å². The number of benzene rings is 2. The topological polar surface area (TPSA) is 90.1 Å². The van der Waals surface area contributed by atoms with Crippen molar-refractivity contribution >= 4 is 16.9 Å². The molecule has 8 heteroatoms. The van der Waals surface area contributed by atoms with E-state index >= 15 is 0 Å². The van der Waals surface area contributed by atoms with Gasteiger partial charge in [-0.3, -0.25) is 4.90 Å². The quantitative estimate of drug-likeness (QED) is 0.447. The number of ether oxygens (including phenoxy) is 2. The molecule has 0 bridgehead atoms. The second-order valence-electron chi connectivity index (χ2n) is 10.3. The van der Waals surface area contributed by atoms with Crippen LogP contribution in [-0.2, 0) is 12.0 Å². The number of piperidine rings is 1. The van der Waals surface area contributed by atoms with Gasteiger partial charge in [-0.1, -0.05) is 19.1 Å². The van der Waals surface area contributed by atoms with Crippen LogP contribution in [0.15, 0.2) is 42.5 Å². The lowest BCUT2D eigenvalue weighted by Crippen LogP contribution is -2.57. The van der Waals surface area contributed by atoms with E-state index in [-0.39, 0.29) is 18.1 Å². The van der Waals surface area contributed by atoms with Crippen molar-refractivity contribution in [2.45, 2.75) is 44.2 Å². The van der Waals surface area contributed by atoms with Crippen molar-refractivity contribution in [3.63, 3.8) is 0 Å². The average Bonchev–Trinajstić information content (AvgIpc) is 3.32. The van der Waals surface area contributed by atoms with Crippen LogP contribution in [0.2, 0.25) is 0 Å². The number of urea groups is 1. The van der Waals surface area contributed by atoms with Crippen LogP contribution in [-0.4, -0.2) is 72.9 Å². The molecular formula is C29H38N4O4. The minimum Gasteiger partial charge on any atom is -0.497 e. The lowest BCUT2D eigenvalue weighted by atomic mass is 9.68. The van der Waals surface area contributed by atoms with Crippen LogP contribution in [0.5, 0.6) is 11.5 Å². The van der Waals surface area contributed by atoms with Crippen LogP contribution in [0.25, 0.3) is 10.9 Å². The molecule has 0 unspecified atom stereocenters. The number of H-pyrrole nitrogens is 1. The first-order valence-corrected chi connectivity index (χ1v) is 13.2. The van der Waals surface area contributed by atoms with Crippen molar-refractivity contribution < 1.29 is 19.4 Å². The number of hydrogen-bond acceptors (Lipinski definition) is 5. The molecular weight excluding hydrogens is 468 g/mol. The highest BCUT2D eigenvalue weighted by Crippen LogP contribution is 2.49. The Morgan fingerprint density at radius 3 is 2.59 bits per heavy atom. The summed E-state index contributed by atoms with van der Waals surface area (Å²) in [6, 6.07) is 13.9. The molecule has 5 rings (SSSR count). The van der Waals surface area contributed by atoms with Gasteiger partial charge in [-0.05, 0) is 67.7 Å². The Labute approximate surface area is 218 Å². The Hall–Kier alpha value is -3.23. The number of aliphatic hydroxyl groups excluding tert-OH is 1. The molecule has 8 nitrogen and oxygen atoms in total. The van der Waals surface area contributed by atoms with Crippen LogP contribution in [0, 0.1) is 0 Å². The van der Waals surface area contributed by atoms with Crippen LogP contribution in [0.3, 0.4) is 0 Å². The number of carbonyl (C=O) groups excluding carboxylic acids is 1. The predicted octanol–water partition coefficient (Wildman–Crippen LogP) is 4.19. The molecule has 2 aliphatic heterocycles. The van der Waals surface area contributed by atoms with Crippen LogP contribution >= 0.6 is 0 Å². The smallest absolute Gasteiger partial charge is 0.318 e. The lowest BCUT2D eigenvalue weighted by molar-refractivity contribution is 0.0663. The fourth-order valence-corrected chi connectivity index (χ4v) is 6.13. The minimum absolute atomic E-state index is 0.110. The van der Waals surface area contributed by atoms with Gasteiger partial charge in [-0.25, -0.2) is 4.79 Å². The van der Waals surface area contributed by atoms with E-state index in [2.05, 4.69) is 33.4 Å². The van der Waals surface area contributed by atoms with Gasteiger partial charge < -0.3 is 29.8 Å². The number of carbonyl (C=O) groups is 1. The standard InChI is InChI=1S/C29H38N4O4/c1-4-12-30-28(35)33-19-29(10-13-32(14-11-29)17-20-6-5-7-21(15-20)36-2)26-23-9-8-22(37-3)16-24(23)31-27(26)25(33)18-34/h5-9,15-16,25,31,34H,4,10-14,17-19H2,1-3H3,(H,30,35)/t25-/m0/s1. The zero-order chi connectivity index (χ0) is 26.0. The number of amides is 2. The molecule has 0 aliphatic carbocycles. The van der Waals surface area contributed by atoms with Crippen molar-refractivity contribution in [1.29, 1.82) is 0 Å². The zero-order valence-electron chi connectivity index (χ0n) is 22.0. The maximum absolute atomic E-state index is 13.3. The number of rotatable bonds is 7. The highest BCUT2D eigenvalue weighted by Gasteiger charge is 2.48. The van der Waals surface area contributed by atoms with Gasteiger partial charge >= 0.3 is 6.03 Å². The van der Waals surface area contributed by atoms with Gasteiger partial charge in [0, 0.05) is 47.7 Å². The third-order valence-electron chi connectivity index (χ3n) is 8.06. The number of fused-ring (bicyclic) bond motifs is 4. The number of aromatic nitrogens is 1. The maximum atomic E-state index is 13.3. The molecule has 2 amide bonds. The summed E-state index contributed by atoms with van der Waals surface area (Å²) in [5.74, 6) is 1.66. The number of aliphatic hydroxyl groups is 1. The monoisotopic (exact) mass is 506 g/mol. The third kappa shape index (κ3) is 4.76. The van der Waals surface area contributed by atoms with Gasteiger partial charge in [0.1, 0.15) is 11.5 Å². The first kappa shape index (κ1) is 25.4. The van der Waals surface area contributed by atoms with E-state index in [0.29, 0.717) is 13.1 Å². The number of methoxy groups -OCH3 is 2. The molecule has 1 spiro atoms. The fraction of sp³-hybridized carbons (Fsp3) is 0.483. The number of likely N-dealkylation sites (tertiary alicyclic amines) is 1. The molecule has 1 aromatic heterocycles. The molecule has 3 N–H and O–H groups in total. The van der Waals surface area contributed by atoms with Gasteiger partial charge in [-0.2, -0.15) is 0 Å². The van der Waals surface area contributed by atoms with E-state index in [9.17, 15) is 9.90 Å². The average molecular weight is 507 g/mol. The van der Waals surface area contributed by atoms with E-state index in [1.54, 1.807) is 14.2 Å². The van der Waals surface area contributed by atoms with E-state index in [4.69, 9.17) is 9.47 Å². The third-order valence-corrected chi connectivity index (χ3v) is 8.06. The molecule has 198 valence electrons. The maximum Gasteiger partial charge on any atom is 0.318 e. The van der Waals surface area contributed by atoms with E-state index < -0.39 is 6.04 Å². The summed E-state index contributed by atoms with van der Waals surface area (Å²) in [6.07, 6.45) is 2.72. The largest absolute Gasteiger partial charge is 0.497 e. The highest BCUT2D eigenvalue weighted by molar-refractivity contribution is 5.88. The Balaban J connectivity index is 1.49. The number of aromatic amines is 1. The summed E-state index contributed by atoms with van der Waals surface area (Å²) >= 11 is 0. The number of nitrogens with one attached hydrogen (secondary N) is 2. The Morgan fingerprint density at radius 1 is 1.14 bits per heavy atom. The fourth-order valence-electron chi connectivity index (χ4n) is 6.13. The summed E-state index contributed by atoms with van der Waals surface area (Å²) < 4.78 is 10.9. The summed E-state index contributed by atoms with van der Waals surface area (Å²) in [5.41, 5.74) is 4.23. The molecule has 1 atom stereocenters. The van der Waals surface area contributed by atoms with Gasteiger partial charge in [0.2, 0.25) is 0 Å². The number of hydrogen-bond donors (Lipinski definition) is 3. The Bertz CT molecular complexity index is 1250. The normalized spacial score (nSPS) is 19.1. The molecule has 3 aromatic rings. The van der Waals surface area contributed by atoms with Crippen LogP contribution in [0.1, 0.15) is 49.0 Å². The SMILES string of the molecule is CCCNC(=O)N1CC2(CCN(Cc3cccc(OC)c3)CC2)c2c([nH]c3cc(OC)ccc23)[C@@H]1CO. The van der Waals surface area contributed by atoms with E-state index in [0.717, 1.165) is 67.0 Å².